The third kappa shape index (κ3) is 1.00. The highest BCUT2D eigenvalue weighted by Crippen LogP contribution is 2.22. The summed E-state index contributed by atoms with van der Waals surface area (Å²) in [5.74, 6) is -0.161. The summed E-state index contributed by atoms with van der Waals surface area (Å²) >= 11 is 0. The maximum Gasteiger partial charge on any atom is 0.132 e. The van der Waals surface area contributed by atoms with Crippen molar-refractivity contribution in [1.82, 2.24) is 0 Å². The quantitative estimate of drug-likeness (QED) is 0.596. The lowest BCUT2D eigenvalue weighted by atomic mass is 10.1. The van der Waals surface area contributed by atoms with Gasteiger partial charge in [0.25, 0.3) is 0 Å². The van der Waals surface area contributed by atoms with E-state index in [4.69, 9.17) is 0 Å². The first-order chi connectivity index (χ1) is 5.38. The molecule has 0 unspecified atom stereocenters. The third-order valence-electron chi connectivity index (χ3n) is 1.75. The summed E-state index contributed by atoms with van der Waals surface area (Å²) in [6, 6.07) is 5.05. The van der Waals surface area contributed by atoms with E-state index in [9.17, 15) is 4.39 Å². The molecule has 1 nitrogen and oxygen atoms in total. The van der Waals surface area contributed by atoms with Crippen molar-refractivity contribution in [2.24, 2.45) is 0 Å². The Kier molecular flexibility index (Phi) is 1.39. The molecule has 2 heteroatoms. The van der Waals surface area contributed by atoms with E-state index in [1.54, 1.807) is 12.1 Å². The molecule has 1 aliphatic rings. The molecular weight excluding hydrogens is 141 g/mol. The minimum Gasteiger partial charge on any atom is -0.381 e. The zero-order valence-electron chi connectivity index (χ0n) is 5.97. The standard InChI is InChI=1S/C9H8FN/c10-8-4-1-5-9-7(8)3-2-6-11-9/h1-5,11H,6H2. The van der Waals surface area contributed by atoms with E-state index in [1.807, 2.05) is 12.1 Å². The van der Waals surface area contributed by atoms with Crippen molar-refractivity contribution in [2.45, 2.75) is 0 Å². The first kappa shape index (κ1) is 6.40. The summed E-state index contributed by atoms with van der Waals surface area (Å²) < 4.78 is 13.0. The van der Waals surface area contributed by atoms with Crippen LogP contribution in [-0.4, -0.2) is 6.54 Å². The highest BCUT2D eigenvalue weighted by Gasteiger charge is 2.06. The van der Waals surface area contributed by atoms with Gasteiger partial charge in [0.15, 0.2) is 0 Å². The molecule has 1 aromatic carbocycles. The molecule has 0 aliphatic carbocycles. The Labute approximate surface area is 64.5 Å². The summed E-state index contributed by atoms with van der Waals surface area (Å²) in [6.45, 7) is 0.788. The maximum atomic E-state index is 13.0. The van der Waals surface area contributed by atoms with Gasteiger partial charge in [0.05, 0.1) is 0 Å². The van der Waals surface area contributed by atoms with Gasteiger partial charge in [-0.3, -0.25) is 0 Å². The molecule has 56 valence electrons. The van der Waals surface area contributed by atoms with Crippen LogP contribution in [0.1, 0.15) is 5.56 Å². The minimum absolute atomic E-state index is 0.161. The topological polar surface area (TPSA) is 12.0 Å². The molecule has 0 bridgehead atoms. The second kappa shape index (κ2) is 2.38. The van der Waals surface area contributed by atoms with Crippen molar-refractivity contribution in [2.75, 3.05) is 11.9 Å². The van der Waals surface area contributed by atoms with E-state index in [-0.39, 0.29) is 5.82 Å². The Morgan fingerprint density at radius 2 is 2.27 bits per heavy atom. The smallest absolute Gasteiger partial charge is 0.132 e. The lowest BCUT2D eigenvalue weighted by Gasteiger charge is -2.12. The molecule has 1 heterocycles. The Bertz CT molecular complexity index is 304. The molecule has 1 aliphatic heterocycles. The first-order valence-electron chi connectivity index (χ1n) is 3.57. The molecule has 0 saturated heterocycles. The molecule has 0 saturated carbocycles. The molecule has 1 aromatic rings. The predicted molar refractivity (Wildman–Crippen MR) is 43.9 cm³/mol. The monoisotopic (exact) mass is 149 g/mol. The highest BCUT2D eigenvalue weighted by molar-refractivity contribution is 5.70. The van der Waals surface area contributed by atoms with Gasteiger partial charge >= 0.3 is 0 Å². The van der Waals surface area contributed by atoms with Gasteiger partial charge in [-0.2, -0.15) is 0 Å². The molecule has 2 rings (SSSR count). The van der Waals surface area contributed by atoms with Gasteiger partial charge in [-0.15, -0.1) is 0 Å². The highest BCUT2D eigenvalue weighted by atomic mass is 19.1. The van der Waals surface area contributed by atoms with Crippen LogP contribution < -0.4 is 5.32 Å². The summed E-state index contributed by atoms with van der Waals surface area (Å²) in [7, 11) is 0. The van der Waals surface area contributed by atoms with E-state index in [0.717, 1.165) is 12.2 Å². The zero-order valence-corrected chi connectivity index (χ0v) is 5.97. The second-order valence-corrected chi connectivity index (χ2v) is 2.48. The summed E-state index contributed by atoms with van der Waals surface area (Å²) in [5, 5.41) is 3.08. The van der Waals surface area contributed by atoms with Gasteiger partial charge in [-0.05, 0) is 12.1 Å². The zero-order chi connectivity index (χ0) is 7.68. The Morgan fingerprint density at radius 3 is 3.09 bits per heavy atom. The minimum atomic E-state index is -0.161. The van der Waals surface area contributed by atoms with Crippen LogP contribution in [0, 0.1) is 5.82 Å². The molecule has 0 radical (unpaired) electrons. The van der Waals surface area contributed by atoms with Crippen LogP contribution in [0.2, 0.25) is 0 Å². The third-order valence-corrected chi connectivity index (χ3v) is 1.75. The largest absolute Gasteiger partial charge is 0.381 e. The van der Waals surface area contributed by atoms with Crippen LogP contribution in [0.25, 0.3) is 6.08 Å². The van der Waals surface area contributed by atoms with Gasteiger partial charge in [0.2, 0.25) is 0 Å². The van der Waals surface area contributed by atoms with Crippen molar-refractivity contribution < 1.29 is 4.39 Å². The second-order valence-electron chi connectivity index (χ2n) is 2.48. The number of nitrogens with one attached hydrogen (secondary N) is 1. The van der Waals surface area contributed by atoms with E-state index in [2.05, 4.69) is 5.32 Å². The van der Waals surface area contributed by atoms with E-state index in [1.165, 1.54) is 6.07 Å². The normalized spacial score (nSPS) is 13.9. The van der Waals surface area contributed by atoms with Crippen molar-refractivity contribution in [1.29, 1.82) is 0 Å². The Morgan fingerprint density at radius 1 is 1.36 bits per heavy atom. The molecule has 0 fully saturated rings. The summed E-state index contributed by atoms with van der Waals surface area (Å²) in [5.41, 5.74) is 1.55. The van der Waals surface area contributed by atoms with Crippen LogP contribution in [-0.2, 0) is 0 Å². The first-order valence-corrected chi connectivity index (χ1v) is 3.57. The Balaban J connectivity index is 2.60. The van der Waals surface area contributed by atoms with Crippen molar-refractivity contribution in [3.63, 3.8) is 0 Å². The number of halogens is 1. The number of rotatable bonds is 0. The van der Waals surface area contributed by atoms with Crippen LogP contribution in [0.3, 0.4) is 0 Å². The molecule has 11 heavy (non-hydrogen) atoms. The van der Waals surface area contributed by atoms with E-state index >= 15 is 0 Å². The average Bonchev–Trinajstić information content (AvgIpc) is 2.06. The number of benzene rings is 1. The van der Waals surface area contributed by atoms with Crippen LogP contribution >= 0.6 is 0 Å². The fraction of sp³-hybridized carbons (Fsp3) is 0.111. The molecular formula is C9H8FN. The average molecular weight is 149 g/mol. The number of hydrogen-bond acceptors (Lipinski definition) is 1. The van der Waals surface area contributed by atoms with Gasteiger partial charge in [0.1, 0.15) is 5.82 Å². The van der Waals surface area contributed by atoms with Gasteiger partial charge < -0.3 is 5.32 Å². The molecule has 0 atom stereocenters. The maximum absolute atomic E-state index is 13.0. The van der Waals surface area contributed by atoms with Crippen molar-refractivity contribution in [3.8, 4) is 0 Å². The Hall–Kier alpha value is -1.31. The fourth-order valence-corrected chi connectivity index (χ4v) is 1.21. The van der Waals surface area contributed by atoms with E-state index < -0.39 is 0 Å². The van der Waals surface area contributed by atoms with Gasteiger partial charge in [-0.25, -0.2) is 4.39 Å². The molecule has 1 N–H and O–H groups in total. The SMILES string of the molecule is Fc1cccc2c1C=CCN2. The molecule has 0 amide bonds. The van der Waals surface area contributed by atoms with Crippen LogP contribution in [0.4, 0.5) is 10.1 Å². The number of anilines is 1. The van der Waals surface area contributed by atoms with E-state index in [0.29, 0.717) is 5.56 Å². The summed E-state index contributed by atoms with van der Waals surface area (Å²) in [4.78, 5) is 0. The molecule has 0 aromatic heterocycles. The van der Waals surface area contributed by atoms with Crippen LogP contribution in [0.5, 0.6) is 0 Å². The van der Waals surface area contributed by atoms with Gasteiger partial charge in [-0.1, -0.05) is 18.2 Å². The fourth-order valence-electron chi connectivity index (χ4n) is 1.21. The number of hydrogen-bond donors (Lipinski definition) is 1. The lowest BCUT2D eigenvalue weighted by Crippen LogP contribution is -2.05. The molecule has 0 spiro atoms. The lowest BCUT2D eigenvalue weighted by molar-refractivity contribution is 0.625. The van der Waals surface area contributed by atoms with Gasteiger partial charge in [0, 0.05) is 17.8 Å². The van der Waals surface area contributed by atoms with Crippen molar-refractivity contribution in [3.05, 3.63) is 35.7 Å². The number of fused-ring (bicyclic) bond motifs is 1. The van der Waals surface area contributed by atoms with Crippen molar-refractivity contribution >= 4 is 11.8 Å². The summed E-state index contributed by atoms with van der Waals surface area (Å²) in [6.07, 6.45) is 3.71. The van der Waals surface area contributed by atoms with Crippen LogP contribution in [0.15, 0.2) is 24.3 Å². The predicted octanol–water partition coefficient (Wildman–Crippen LogP) is 2.26.